The van der Waals surface area contributed by atoms with Crippen LogP contribution in [-0.2, 0) is 0 Å². The molecule has 1 nitrogen and oxygen atoms in total. The lowest BCUT2D eigenvalue weighted by molar-refractivity contribution is 0.139. The summed E-state index contributed by atoms with van der Waals surface area (Å²) in [6.07, 6.45) is 13.0. The Hall–Kier alpha value is 0.440. The molecule has 0 aromatic carbocycles. The first kappa shape index (κ1) is 15.8. The van der Waals surface area contributed by atoms with Gasteiger partial charge in [-0.05, 0) is 50.0 Å². The number of hydrogen-bond acceptors (Lipinski definition) is 1. The summed E-state index contributed by atoms with van der Waals surface area (Å²) in [4.78, 5) is 2.84. The van der Waals surface area contributed by atoms with Crippen LogP contribution in [0.25, 0.3) is 0 Å². The normalized spacial score (nSPS) is 23.8. The van der Waals surface area contributed by atoms with Gasteiger partial charge in [0.2, 0.25) is 0 Å². The highest BCUT2D eigenvalue weighted by Gasteiger charge is 2.37. The average Bonchev–Trinajstić information content (AvgIpc) is 3.21. The van der Waals surface area contributed by atoms with Gasteiger partial charge >= 0.3 is 0 Å². The van der Waals surface area contributed by atoms with Crippen LogP contribution in [0.4, 0.5) is 0 Å². The lowest BCUT2D eigenvalue weighted by Gasteiger charge is -2.37. The summed E-state index contributed by atoms with van der Waals surface area (Å²) in [5, 5.41) is 1.21. The first-order valence-electron chi connectivity index (χ1n) is 8.45. The highest BCUT2D eigenvalue weighted by atomic mass is 79.9. The SMILES string of the molecule is CC(C)CCN(CC1(CBr)CCCCCC1)C1CC1. The Balaban J connectivity index is 1.92. The molecular formula is C17H32BrN. The van der Waals surface area contributed by atoms with Crippen molar-refractivity contribution in [1.29, 1.82) is 0 Å². The predicted octanol–water partition coefficient (Wildman–Crippen LogP) is 5.23. The summed E-state index contributed by atoms with van der Waals surface area (Å²) in [5.41, 5.74) is 0.579. The van der Waals surface area contributed by atoms with Crippen molar-refractivity contribution in [2.24, 2.45) is 11.3 Å². The van der Waals surface area contributed by atoms with E-state index in [0.717, 1.165) is 12.0 Å². The van der Waals surface area contributed by atoms with E-state index in [4.69, 9.17) is 0 Å². The molecule has 2 saturated carbocycles. The fraction of sp³-hybridized carbons (Fsp3) is 1.00. The molecule has 0 saturated heterocycles. The number of rotatable bonds is 7. The largest absolute Gasteiger partial charge is 0.300 e. The van der Waals surface area contributed by atoms with E-state index in [0.29, 0.717) is 5.41 Å². The van der Waals surface area contributed by atoms with Crippen LogP contribution in [0, 0.1) is 11.3 Å². The van der Waals surface area contributed by atoms with Gasteiger partial charge in [-0.25, -0.2) is 0 Å². The van der Waals surface area contributed by atoms with Crippen LogP contribution >= 0.6 is 15.9 Å². The second-order valence-electron chi connectivity index (χ2n) is 7.43. The van der Waals surface area contributed by atoms with Gasteiger partial charge in [-0.3, -0.25) is 4.90 Å². The first-order chi connectivity index (χ1) is 9.15. The molecule has 112 valence electrons. The van der Waals surface area contributed by atoms with Crippen LogP contribution in [-0.4, -0.2) is 29.4 Å². The summed E-state index contributed by atoms with van der Waals surface area (Å²) in [6, 6.07) is 0.929. The van der Waals surface area contributed by atoms with Crippen molar-refractivity contribution in [3.05, 3.63) is 0 Å². The highest BCUT2D eigenvalue weighted by molar-refractivity contribution is 9.09. The third-order valence-corrected chi connectivity index (χ3v) is 6.23. The summed E-state index contributed by atoms with van der Waals surface area (Å²) in [6.45, 7) is 7.40. The van der Waals surface area contributed by atoms with Crippen LogP contribution in [0.1, 0.15) is 71.6 Å². The Morgan fingerprint density at radius 1 is 1.11 bits per heavy atom. The second kappa shape index (κ2) is 7.45. The van der Waals surface area contributed by atoms with Crippen LogP contribution in [0.5, 0.6) is 0 Å². The number of alkyl halides is 1. The fourth-order valence-electron chi connectivity index (χ4n) is 3.50. The molecule has 2 rings (SSSR count). The van der Waals surface area contributed by atoms with E-state index in [1.165, 1.54) is 76.2 Å². The minimum Gasteiger partial charge on any atom is -0.300 e. The third-order valence-electron chi connectivity index (χ3n) is 5.04. The molecule has 0 spiro atoms. The molecule has 2 heteroatoms. The van der Waals surface area contributed by atoms with Crippen LogP contribution < -0.4 is 0 Å². The van der Waals surface area contributed by atoms with E-state index in [1.807, 2.05) is 0 Å². The Morgan fingerprint density at radius 3 is 2.21 bits per heavy atom. The summed E-state index contributed by atoms with van der Waals surface area (Å²) >= 11 is 3.85. The van der Waals surface area contributed by atoms with Gasteiger partial charge in [0.1, 0.15) is 0 Å². The predicted molar refractivity (Wildman–Crippen MR) is 88.0 cm³/mol. The molecule has 0 amide bonds. The van der Waals surface area contributed by atoms with E-state index in [1.54, 1.807) is 0 Å². The second-order valence-corrected chi connectivity index (χ2v) is 7.99. The van der Waals surface area contributed by atoms with Gasteiger partial charge in [-0.1, -0.05) is 55.5 Å². The van der Waals surface area contributed by atoms with Gasteiger partial charge in [-0.15, -0.1) is 0 Å². The van der Waals surface area contributed by atoms with E-state index >= 15 is 0 Å². The number of nitrogens with zero attached hydrogens (tertiary/aromatic N) is 1. The molecule has 0 aromatic heterocycles. The molecule has 2 fully saturated rings. The van der Waals surface area contributed by atoms with Crippen molar-refractivity contribution in [1.82, 2.24) is 4.90 Å². The van der Waals surface area contributed by atoms with E-state index in [2.05, 4.69) is 34.7 Å². The number of halogens is 1. The molecular weight excluding hydrogens is 298 g/mol. The van der Waals surface area contributed by atoms with Gasteiger partial charge in [0.15, 0.2) is 0 Å². The van der Waals surface area contributed by atoms with Gasteiger partial charge in [0, 0.05) is 17.9 Å². The molecule has 0 bridgehead atoms. The highest BCUT2D eigenvalue weighted by Crippen LogP contribution is 2.40. The summed E-state index contributed by atoms with van der Waals surface area (Å²) in [5.74, 6) is 0.843. The molecule has 0 heterocycles. The molecule has 0 N–H and O–H groups in total. The van der Waals surface area contributed by atoms with E-state index < -0.39 is 0 Å². The standard InChI is InChI=1S/C17H32BrN/c1-15(2)9-12-19(16-7-8-16)14-17(13-18)10-5-3-4-6-11-17/h15-16H,3-14H2,1-2H3. The molecule has 2 aliphatic carbocycles. The summed E-state index contributed by atoms with van der Waals surface area (Å²) < 4.78 is 0. The maximum Gasteiger partial charge on any atom is 0.0100 e. The lowest BCUT2D eigenvalue weighted by Crippen LogP contribution is -2.41. The van der Waals surface area contributed by atoms with Crippen LogP contribution in [0.2, 0.25) is 0 Å². The third kappa shape index (κ3) is 5.04. The molecule has 0 unspecified atom stereocenters. The maximum absolute atomic E-state index is 3.85. The minimum atomic E-state index is 0.579. The Morgan fingerprint density at radius 2 is 1.74 bits per heavy atom. The monoisotopic (exact) mass is 329 g/mol. The van der Waals surface area contributed by atoms with Crippen molar-refractivity contribution in [2.75, 3.05) is 18.4 Å². The van der Waals surface area contributed by atoms with E-state index in [-0.39, 0.29) is 0 Å². The van der Waals surface area contributed by atoms with Crippen molar-refractivity contribution >= 4 is 15.9 Å². The van der Waals surface area contributed by atoms with Gasteiger partial charge in [0.25, 0.3) is 0 Å². The Bertz CT molecular complexity index is 252. The van der Waals surface area contributed by atoms with Crippen molar-refractivity contribution in [3.63, 3.8) is 0 Å². The van der Waals surface area contributed by atoms with Crippen molar-refractivity contribution < 1.29 is 0 Å². The lowest BCUT2D eigenvalue weighted by atomic mass is 9.81. The van der Waals surface area contributed by atoms with E-state index in [9.17, 15) is 0 Å². The van der Waals surface area contributed by atoms with Gasteiger partial charge in [0.05, 0.1) is 0 Å². The van der Waals surface area contributed by atoms with Gasteiger partial charge < -0.3 is 0 Å². The zero-order valence-electron chi connectivity index (χ0n) is 13.0. The maximum atomic E-state index is 3.85. The topological polar surface area (TPSA) is 3.24 Å². The minimum absolute atomic E-state index is 0.579. The van der Waals surface area contributed by atoms with Gasteiger partial charge in [-0.2, -0.15) is 0 Å². The molecule has 0 aromatic rings. The average molecular weight is 330 g/mol. The molecule has 0 atom stereocenters. The van der Waals surface area contributed by atoms with Crippen LogP contribution in [0.15, 0.2) is 0 Å². The zero-order valence-corrected chi connectivity index (χ0v) is 14.6. The first-order valence-corrected chi connectivity index (χ1v) is 9.57. The number of hydrogen-bond donors (Lipinski definition) is 0. The zero-order chi connectivity index (χ0) is 13.7. The Labute approximate surface area is 128 Å². The Kier molecular flexibility index (Phi) is 6.20. The molecule has 2 aliphatic rings. The molecule has 19 heavy (non-hydrogen) atoms. The molecule has 0 radical (unpaired) electrons. The van der Waals surface area contributed by atoms with Crippen molar-refractivity contribution in [2.45, 2.75) is 77.7 Å². The van der Waals surface area contributed by atoms with Crippen LogP contribution in [0.3, 0.4) is 0 Å². The molecule has 0 aliphatic heterocycles. The smallest absolute Gasteiger partial charge is 0.0100 e. The van der Waals surface area contributed by atoms with Crippen molar-refractivity contribution in [3.8, 4) is 0 Å². The summed E-state index contributed by atoms with van der Waals surface area (Å²) in [7, 11) is 0. The fourth-order valence-corrected chi connectivity index (χ4v) is 4.24. The quantitative estimate of drug-likeness (QED) is 0.456.